The standard InChI is InChI=1S/C8H13NO4/c1-2-3-4-7(8(11)12)5-9(13)6-10/h2,6-7,13H,1,3-5H2,(H,11,12). The van der Waals surface area contributed by atoms with Gasteiger partial charge in [-0.15, -0.1) is 6.58 Å². The van der Waals surface area contributed by atoms with Crippen molar-refractivity contribution in [3.63, 3.8) is 0 Å². The van der Waals surface area contributed by atoms with Gasteiger partial charge in [0.05, 0.1) is 12.5 Å². The van der Waals surface area contributed by atoms with E-state index in [1.807, 2.05) is 0 Å². The molecule has 5 heteroatoms. The number of carboxylic acids is 1. The zero-order chi connectivity index (χ0) is 10.3. The summed E-state index contributed by atoms with van der Waals surface area (Å²) in [5.41, 5.74) is 0. The molecule has 0 heterocycles. The van der Waals surface area contributed by atoms with Crippen molar-refractivity contribution in [1.29, 1.82) is 0 Å². The van der Waals surface area contributed by atoms with Gasteiger partial charge >= 0.3 is 5.97 Å². The number of hydroxylamine groups is 2. The Bertz CT molecular complexity index is 193. The lowest BCUT2D eigenvalue weighted by Crippen LogP contribution is -2.29. The van der Waals surface area contributed by atoms with Crippen molar-refractivity contribution in [2.75, 3.05) is 6.54 Å². The van der Waals surface area contributed by atoms with Crippen molar-refractivity contribution in [3.05, 3.63) is 12.7 Å². The maximum Gasteiger partial charge on any atom is 0.308 e. The third-order valence-electron chi connectivity index (χ3n) is 1.60. The molecule has 1 unspecified atom stereocenters. The molecule has 0 aliphatic carbocycles. The highest BCUT2D eigenvalue weighted by atomic mass is 16.5. The van der Waals surface area contributed by atoms with Crippen molar-refractivity contribution in [2.24, 2.45) is 5.92 Å². The molecule has 0 aliphatic heterocycles. The molecule has 0 bridgehead atoms. The molecule has 2 N–H and O–H groups in total. The van der Waals surface area contributed by atoms with Crippen LogP contribution in [0.5, 0.6) is 0 Å². The highest BCUT2D eigenvalue weighted by Crippen LogP contribution is 2.08. The van der Waals surface area contributed by atoms with Crippen LogP contribution in [-0.2, 0) is 9.59 Å². The summed E-state index contributed by atoms with van der Waals surface area (Å²) in [5, 5.41) is 17.7. The molecule has 0 rings (SSSR count). The predicted molar refractivity (Wildman–Crippen MR) is 45.1 cm³/mol. The van der Waals surface area contributed by atoms with E-state index >= 15 is 0 Å². The van der Waals surface area contributed by atoms with Crippen LogP contribution in [0.25, 0.3) is 0 Å². The van der Waals surface area contributed by atoms with Crippen LogP contribution in [0.2, 0.25) is 0 Å². The molecule has 0 spiro atoms. The summed E-state index contributed by atoms with van der Waals surface area (Å²) in [7, 11) is 0. The van der Waals surface area contributed by atoms with Crippen LogP contribution in [0.15, 0.2) is 12.7 Å². The van der Waals surface area contributed by atoms with Gasteiger partial charge in [-0.3, -0.25) is 14.8 Å². The number of nitrogens with zero attached hydrogens (tertiary/aromatic N) is 1. The van der Waals surface area contributed by atoms with Gasteiger partial charge < -0.3 is 5.11 Å². The minimum Gasteiger partial charge on any atom is -0.481 e. The molecule has 74 valence electrons. The van der Waals surface area contributed by atoms with E-state index in [9.17, 15) is 9.59 Å². The van der Waals surface area contributed by atoms with Gasteiger partial charge in [-0.25, -0.2) is 5.06 Å². The van der Waals surface area contributed by atoms with E-state index in [2.05, 4.69) is 6.58 Å². The van der Waals surface area contributed by atoms with Gasteiger partial charge in [-0.1, -0.05) is 6.08 Å². The lowest BCUT2D eigenvalue weighted by molar-refractivity contribution is -0.159. The Kier molecular flexibility index (Phi) is 5.54. The lowest BCUT2D eigenvalue weighted by atomic mass is 10.0. The maximum absolute atomic E-state index is 10.6. The second-order valence-corrected chi connectivity index (χ2v) is 2.63. The molecular weight excluding hydrogens is 174 g/mol. The molecule has 1 amide bonds. The average molecular weight is 187 g/mol. The molecule has 0 aromatic carbocycles. The highest BCUT2D eigenvalue weighted by Gasteiger charge is 2.18. The zero-order valence-corrected chi connectivity index (χ0v) is 7.22. The van der Waals surface area contributed by atoms with E-state index in [0.717, 1.165) is 0 Å². The largest absolute Gasteiger partial charge is 0.481 e. The minimum absolute atomic E-state index is 0.184. The fourth-order valence-corrected chi connectivity index (χ4v) is 0.881. The number of carbonyl (C=O) groups is 2. The highest BCUT2D eigenvalue weighted by molar-refractivity contribution is 5.70. The second-order valence-electron chi connectivity index (χ2n) is 2.63. The summed E-state index contributed by atoms with van der Waals surface area (Å²) >= 11 is 0. The fraction of sp³-hybridized carbons (Fsp3) is 0.500. The zero-order valence-electron chi connectivity index (χ0n) is 7.22. The molecule has 0 saturated heterocycles. The SMILES string of the molecule is C=CCCC(CN(O)C=O)C(=O)O. The molecule has 0 aliphatic rings. The number of amides is 1. The fourth-order valence-electron chi connectivity index (χ4n) is 0.881. The van der Waals surface area contributed by atoms with Gasteiger partial charge in [-0.2, -0.15) is 0 Å². The van der Waals surface area contributed by atoms with Crippen molar-refractivity contribution >= 4 is 12.4 Å². The van der Waals surface area contributed by atoms with Crippen LogP contribution >= 0.6 is 0 Å². The first-order chi connectivity index (χ1) is 6.11. The van der Waals surface area contributed by atoms with Gasteiger partial charge in [0.25, 0.3) is 0 Å². The normalized spacial score (nSPS) is 11.8. The van der Waals surface area contributed by atoms with Gasteiger partial charge in [0.1, 0.15) is 0 Å². The summed E-state index contributed by atoms with van der Waals surface area (Å²) in [4.78, 5) is 20.6. The smallest absolute Gasteiger partial charge is 0.308 e. The summed E-state index contributed by atoms with van der Waals surface area (Å²) in [6.07, 6.45) is 2.69. The molecule has 5 nitrogen and oxygen atoms in total. The Morgan fingerprint density at radius 2 is 2.23 bits per heavy atom. The van der Waals surface area contributed by atoms with E-state index in [0.29, 0.717) is 17.9 Å². The molecule has 0 aromatic rings. The Balaban J connectivity index is 4.00. The molecule has 13 heavy (non-hydrogen) atoms. The average Bonchev–Trinajstić information content (AvgIpc) is 2.11. The van der Waals surface area contributed by atoms with Crippen molar-refractivity contribution < 1.29 is 19.9 Å². The Morgan fingerprint density at radius 3 is 2.62 bits per heavy atom. The van der Waals surface area contributed by atoms with Gasteiger partial charge in [-0.05, 0) is 12.8 Å². The summed E-state index contributed by atoms with van der Waals surface area (Å²) in [5.74, 6) is -1.77. The van der Waals surface area contributed by atoms with E-state index < -0.39 is 11.9 Å². The summed E-state index contributed by atoms with van der Waals surface area (Å²) in [6.45, 7) is 3.26. The van der Waals surface area contributed by atoms with Crippen LogP contribution in [0.1, 0.15) is 12.8 Å². The summed E-state index contributed by atoms with van der Waals surface area (Å²) < 4.78 is 0. The molecule has 0 fully saturated rings. The van der Waals surface area contributed by atoms with Gasteiger partial charge in [0.2, 0.25) is 6.41 Å². The number of aliphatic carboxylic acids is 1. The number of carboxylic acid groups (broad SMARTS) is 1. The Hall–Kier alpha value is -1.36. The maximum atomic E-state index is 10.6. The van der Waals surface area contributed by atoms with E-state index in [1.165, 1.54) is 0 Å². The van der Waals surface area contributed by atoms with Crippen LogP contribution in [0.3, 0.4) is 0 Å². The topological polar surface area (TPSA) is 77.8 Å². The van der Waals surface area contributed by atoms with Crippen molar-refractivity contribution in [2.45, 2.75) is 12.8 Å². The van der Waals surface area contributed by atoms with Crippen LogP contribution in [-0.4, -0.2) is 34.3 Å². The first-order valence-electron chi connectivity index (χ1n) is 3.86. The molecule has 0 saturated carbocycles. The number of hydrogen-bond donors (Lipinski definition) is 2. The first-order valence-corrected chi connectivity index (χ1v) is 3.86. The Morgan fingerprint density at radius 1 is 1.62 bits per heavy atom. The van der Waals surface area contributed by atoms with E-state index in [1.54, 1.807) is 6.08 Å². The predicted octanol–water partition coefficient (Wildman–Crippen LogP) is 0.501. The number of hydrogen-bond acceptors (Lipinski definition) is 3. The molecule has 0 radical (unpaired) electrons. The number of rotatable bonds is 7. The van der Waals surface area contributed by atoms with Gasteiger partial charge in [0.15, 0.2) is 0 Å². The molecular formula is C8H13NO4. The number of allylic oxidation sites excluding steroid dienone is 1. The van der Waals surface area contributed by atoms with Crippen LogP contribution in [0, 0.1) is 5.92 Å². The number of carbonyl (C=O) groups excluding carboxylic acids is 1. The summed E-state index contributed by atoms with van der Waals surface area (Å²) in [6, 6.07) is 0. The first kappa shape index (κ1) is 11.6. The third kappa shape index (κ3) is 4.97. The molecule has 0 aromatic heterocycles. The lowest BCUT2D eigenvalue weighted by Gasteiger charge is -2.14. The quantitative estimate of drug-likeness (QED) is 0.263. The van der Waals surface area contributed by atoms with Crippen molar-refractivity contribution in [3.8, 4) is 0 Å². The van der Waals surface area contributed by atoms with Crippen LogP contribution in [0.4, 0.5) is 0 Å². The Labute approximate surface area is 76.2 Å². The molecule has 1 atom stereocenters. The van der Waals surface area contributed by atoms with Gasteiger partial charge in [0, 0.05) is 0 Å². The van der Waals surface area contributed by atoms with Crippen molar-refractivity contribution in [1.82, 2.24) is 5.06 Å². The van der Waals surface area contributed by atoms with Crippen LogP contribution < -0.4 is 0 Å². The monoisotopic (exact) mass is 187 g/mol. The van der Waals surface area contributed by atoms with E-state index in [-0.39, 0.29) is 13.0 Å². The second kappa shape index (κ2) is 6.19. The van der Waals surface area contributed by atoms with E-state index in [4.69, 9.17) is 10.3 Å². The minimum atomic E-state index is -1.03. The third-order valence-corrected chi connectivity index (χ3v) is 1.60.